The van der Waals surface area contributed by atoms with E-state index in [-0.39, 0.29) is 6.03 Å². The molecule has 2 N–H and O–H groups in total. The van der Waals surface area contributed by atoms with Gasteiger partial charge in [0, 0.05) is 23.8 Å². The third-order valence-corrected chi connectivity index (χ3v) is 3.69. The second kappa shape index (κ2) is 7.66. The molecule has 3 rings (SSSR count). The van der Waals surface area contributed by atoms with Gasteiger partial charge in [-0.05, 0) is 23.3 Å². The summed E-state index contributed by atoms with van der Waals surface area (Å²) in [5.74, 6) is 0.513. The Morgan fingerprint density at radius 1 is 1.00 bits per heavy atom. The molecule has 0 saturated carbocycles. The van der Waals surface area contributed by atoms with E-state index in [4.69, 9.17) is 11.6 Å². The van der Waals surface area contributed by atoms with Gasteiger partial charge in [0.1, 0.15) is 0 Å². The second-order valence-corrected chi connectivity index (χ2v) is 5.75. The number of hydrogen-bond donors (Lipinski definition) is 2. The van der Waals surface area contributed by atoms with Crippen LogP contribution < -0.4 is 10.6 Å². The van der Waals surface area contributed by atoms with Gasteiger partial charge >= 0.3 is 6.03 Å². The van der Waals surface area contributed by atoms with Crippen molar-refractivity contribution in [3.8, 4) is 0 Å². The van der Waals surface area contributed by atoms with Crippen molar-refractivity contribution < 1.29 is 4.79 Å². The third-order valence-electron chi connectivity index (χ3n) is 3.44. The van der Waals surface area contributed by atoms with Gasteiger partial charge in [-0.2, -0.15) is 5.10 Å². The number of urea groups is 1. The van der Waals surface area contributed by atoms with E-state index in [0.717, 1.165) is 11.1 Å². The van der Waals surface area contributed by atoms with Crippen LogP contribution in [0.25, 0.3) is 0 Å². The number of nitrogens with zero attached hydrogens (tertiary/aromatic N) is 2. The molecule has 0 atom stereocenters. The number of anilines is 1. The van der Waals surface area contributed by atoms with Crippen molar-refractivity contribution in [1.29, 1.82) is 0 Å². The predicted molar refractivity (Wildman–Crippen MR) is 95.1 cm³/mol. The molecular formula is C18H17ClN4O. The summed E-state index contributed by atoms with van der Waals surface area (Å²) < 4.78 is 1.78. The molecule has 24 heavy (non-hydrogen) atoms. The summed E-state index contributed by atoms with van der Waals surface area (Å²) in [4.78, 5) is 11.9. The number of rotatable bonds is 5. The Morgan fingerprint density at radius 2 is 1.75 bits per heavy atom. The highest BCUT2D eigenvalue weighted by Crippen LogP contribution is 2.09. The molecule has 1 aromatic heterocycles. The van der Waals surface area contributed by atoms with Crippen LogP contribution in [0.1, 0.15) is 11.1 Å². The number of hydrogen-bond acceptors (Lipinski definition) is 2. The maximum atomic E-state index is 11.9. The SMILES string of the molecule is O=C(NCc1ccc(Cl)cc1)Nc1ccn(Cc2ccccc2)n1. The fraction of sp³-hybridized carbons (Fsp3) is 0.111. The maximum absolute atomic E-state index is 11.9. The molecule has 0 radical (unpaired) electrons. The molecule has 0 aliphatic rings. The Bertz CT molecular complexity index is 799. The summed E-state index contributed by atoms with van der Waals surface area (Å²) in [6.45, 7) is 1.09. The highest BCUT2D eigenvalue weighted by molar-refractivity contribution is 6.30. The van der Waals surface area contributed by atoms with Crippen LogP contribution in [0.5, 0.6) is 0 Å². The molecule has 0 fully saturated rings. The van der Waals surface area contributed by atoms with Crippen molar-refractivity contribution in [2.75, 3.05) is 5.32 Å². The Morgan fingerprint density at radius 3 is 2.50 bits per heavy atom. The van der Waals surface area contributed by atoms with Gasteiger partial charge in [-0.3, -0.25) is 10.00 Å². The maximum Gasteiger partial charge on any atom is 0.320 e. The van der Waals surface area contributed by atoms with Gasteiger partial charge in [0.05, 0.1) is 6.54 Å². The van der Waals surface area contributed by atoms with Crippen LogP contribution in [0.3, 0.4) is 0 Å². The van der Waals surface area contributed by atoms with Crippen molar-refractivity contribution in [3.05, 3.63) is 83.0 Å². The van der Waals surface area contributed by atoms with Gasteiger partial charge in [-0.1, -0.05) is 54.1 Å². The van der Waals surface area contributed by atoms with Gasteiger partial charge in [0.25, 0.3) is 0 Å². The quantitative estimate of drug-likeness (QED) is 0.740. The number of halogens is 1. The first-order valence-corrected chi connectivity index (χ1v) is 7.93. The predicted octanol–water partition coefficient (Wildman–Crippen LogP) is 3.91. The zero-order chi connectivity index (χ0) is 16.8. The largest absolute Gasteiger partial charge is 0.334 e. The monoisotopic (exact) mass is 340 g/mol. The first-order chi connectivity index (χ1) is 11.7. The zero-order valence-corrected chi connectivity index (χ0v) is 13.7. The summed E-state index contributed by atoms with van der Waals surface area (Å²) >= 11 is 5.83. The van der Waals surface area contributed by atoms with Gasteiger partial charge in [-0.15, -0.1) is 0 Å². The normalized spacial score (nSPS) is 10.4. The van der Waals surface area contributed by atoms with Crippen molar-refractivity contribution in [3.63, 3.8) is 0 Å². The Balaban J connectivity index is 1.50. The molecule has 0 aliphatic carbocycles. The van der Waals surface area contributed by atoms with Crippen molar-refractivity contribution in [2.45, 2.75) is 13.1 Å². The van der Waals surface area contributed by atoms with E-state index in [1.807, 2.05) is 48.7 Å². The van der Waals surface area contributed by atoms with Crippen LogP contribution in [0.15, 0.2) is 66.9 Å². The van der Waals surface area contributed by atoms with E-state index in [0.29, 0.717) is 23.9 Å². The average Bonchev–Trinajstić information content (AvgIpc) is 3.02. The second-order valence-electron chi connectivity index (χ2n) is 5.32. The summed E-state index contributed by atoms with van der Waals surface area (Å²) in [7, 11) is 0. The van der Waals surface area contributed by atoms with Gasteiger partial charge < -0.3 is 5.32 Å². The van der Waals surface area contributed by atoms with Crippen LogP contribution in [0.4, 0.5) is 10.6 Å². The zero-order valence-electron chi connectivity index (χ0n) is 12.9. The Kier molecular flexibility index (Phi) is 5.13. The highest BCUT2D eigenvalue weighted by atomic mass is 35.5. The lowest BCUT2D eigenvalue weighted by Crippen LogP contribution is -2.28. The Labute approximate surface area is 145 Å². The molecule has 122 valence electrons. The average molecular weight is 341 g/mol. The fourth-order valence-electron chi connectivity index (χ4n) is 2.23. The molecule has 2 aromatic carbocycles. The lowest BCUT2D eigenvalue weighted by Gasteiger charge is -2.06. The lowest BCUT2D eigenvalue weighted by atomic mass is 10.2. The highest BCUT2D eigenvalue weighted by Gasteiger charge is 2.05. The van der Waals surface area contributed by atoms with E-state index in [1.54, 1.807) is 22.9 Å². The number of benzene rings is 2. The van der Waals surface area contributed by atoms with Crippen LogP contribution in [0, 0.1) is 0 Å². The summed E-state index contributed by atoms with van der Waals surface area (Å²) in [6, 6.07) is 18.8. The van der Waals surface area contributed by atoms with E-state index >= 15 is 0 Å². The van der Waals surface area contributed by atoms with E-state index < -0.39 is 0 Å². The molecule has 5 nitrogen and oxygen atoms in total. The van der Waals surface area contributed by atoms with Gasteiger partial charge in [-0.25, -0.2) is 4.79 Å². The van der Waals surface area contributed by atoms with Crippen LogP contribution >= 0.6 is 11.6 Å². The minimum atomic E-state index is -0.296. The molecule has 0 saturated heterocycles. The minimum Gasteiger partial charge on any atom is -0.334 e. The standard InChI is InChI=1S/C18H17ClN4O/c19-16-8-6-14(7-9-16)12-20-18(24)21-17-10-11-23(22-17)13-15-4-2-1-3-5-15/h1-11H,12-13H2,(H2,20,21,22,24). The topological polar surface area (TPSA) is 59.0 Å². The Hall–Kier alpha value is -2.79. The van der Waals surface area contributed by atoms with E-state index in [9.17, 15) is 4.79 Å². The van der Waals surface area contributed by atoms with E-state index in [2.05, 4.69) is 15.7 Å². The molecule has 0 bridgehead atoms. The number of aromatic nitrogens is 2. The summed E-state index contributed by atoms with van der Waals surface area (Å²) in [6.07, 6.45) is 1.84. The summed E-state index contributed by atoms with van der Waals surface area (Å²) in [5.41, 5.74) is 2.13. The van der Waals surface area contributed by atoms with Gasteiger partial charge in [0.15, 0.2) is 5.82 Å². The molecule has 3 aromatic rings. The number of amides is 2. The van der Waals surface area contributed by atoms with Crippen molar-refractivity contribution >= 4 is 23.4 Å². The van der Waals surface area contributed by atoms with E-state index in [1.165, 1.54) is 0 Å². The molecule has 1 heterocycles. The summed E-state index contributed by atoms with van der Waals surface area (Å²) in [5, 5.41) is 10.5. The van der Waals surface area contributed by atoms with Crippen molar-refractivity contribution in [1.82, 2.24) is 15.1 Å². The minimum absolute atomic E-state index is 0.296. The third kappa shape index (κ3) is 4.60. The smallest absolute Gasteiger partial charge is 0.320 e. The lowest BCUT2D eigenvalue weighted by molar-refractivity contribution is 0.251. The molecule has 0 spiro atoms. The molecule has 2 amide bonds. The van der Waals surface area contributed by atoms with Crippen LogP contribution in [-0.2, 0) is 13.1 Å². The van der Waals surface area contributed by atoms with Crippen molar-refractivity contribution in [2.24, 2.45) is 0 Å². The number of nitrogens with one attached hydrogen (secondary N) is 2. The number of carbonyl (C=O) groups is 1. The number of carbonyl (C=O) groups excluding carboxylic acids is 1. The van der Waals surface area contributed by atoms with Crippen LogP contribution in [0.2, 0.25) is 5.02 Å². The van der Waals surface area contributed by atoms with Gasteiger partial charge in [0.2, 0.25) is 0 Å². The first kappa shape index (κ1) is 16.1. The van der Waals surface area contributed by atoms with Crippen LogP contribution in [-0.4, -0.2) is 15.8 Å². The first-order valence-electron chi connectivity index (χ1n) is 7.56. The molecule has 6 heteroatoms. The molecule has 0 unspecified atom stereocenters. The molecule has 0 aliphatic heterocycles. The molecular weight excluding hydrogens is 324 g/mol. The fourth-order valence-corrected chi connectivity index (χ4v) is 2.36.